The molecule has 2 heterocycles. The highest BCUT2D eigenvalue weighted by Crippen LogP contribution is 2.32. The van der Waals surface area contributed by atoms with Gasteiger partial charge in [0.25, 0.3) is 5.56 Å². The maximum Gasteiger partial charge on any atom is 0.262 e. The zero-order chi connectivity index (χ0) is 21.1. The standard InChI is InChI=1S/C25H27N3OS/c1-4-27(5-2)15-16-28-23(20-13-11-18(3)12-14-20)26-24-21(25(28)29)17-22(30-24)19-9-7-6-8-10-19/h6-14,17H,4-5,15-16H2,1-3H3. The van der Waals surface area contributed by atoms with Crippen LogP contribution in [-0.2, 0) is 6.54 Å². The third kappa shape index (κ3) is 4.09. The lowest BCUT2D eigenvalue weighted by Crippen LogP contribution is -2.32. The van der Waals surface area contributed by atoms with Crippen LogP contribution in [0.1, 0.15) is 19.4 Å². The first-order valence-corrected chi connectivity index (χ1v) is 11.3. The molecule has 5 heteroatoms. The lowest BCUT2D eigenvalue weighted by molar-refractivity contribution is 0.289. The molecule has 0 atom stereocenters. The predicted molar refractivity (Wildman–Crippen MR) is 127 cm³/mol. The van der Waals surface area contributed by atoms with Gasteiger partial charge in [0.05, 0.1) is 5.39 Å². The van der Waals surface area contributed by atoms with Crippen molar-refractivity contribution in [3.05, 3.63) is 76.6 Å². The van der Waals surface area contributed by atoms with Crippen LogP contribution in [0.3, 0.4) is 0 Å². The van der Waals surface area contributed by atoms with Crippen LogP contribution >= 0.6 is 11.3 Å². The fraction of sp³-hybridized carbons (Fsp3) is 0.280. The molecule has 0 amide bonds. The molecule has 0 N–H and O–H groups in total. The van der Waals surface area contributed by atoms with E-state index < -0.39 is 0 Å². The normalized spacial score (nSPS) is 11.5. The lowest BCUT2D eigenvalue weighted by Gasteiger charge is -2.20. The van der Waals surface area contributed by atoms with Crippen LogP contribution < -0.4 is 5.56 Å². The van der Waals surface area contributed by atoms with E-state index in [1.54, 1.807) is 11.3 Å². The third-order valence-corrected chi connectivity index (χ3v) is 6.63. The van der Waals surface area contributed by atoms with Crippen LogP contribution in [0.15, 0.2) is 65.5 Å². The third-order valence-electron chi connectivity index (χ3n) is 5.55. The smallest absolute Gasteiger partial charge is 0.262 e. The fourth-order valence-electron chi connectivity index (χ4n) is 3.67. The highest BCUT2D eigenvalue weighted by molar-refractivity contribution is 7.21. The van der Waals surface area contributed by atoms with E-state index in [2.05, 4.69) is 62.1 Å². The van der Waals surface area contributed by atoms with E-state index in [1.807, 2.05) is 28.8 Å². The Kier molecular flexibility index (Phi) is 6.11. The highest BCUT2D eigenvalue weighted by Gasteiger charge is 2.16. The predicted octanol–water partition coefficient (Wildman–Crippen LogP) is 5.44. The van der Waals surface area contributed by atoms with Gasteiger partial charge in [-0.25, -0.2) is 4.98 Å². The van der Waals surface area contributed by atoms with Gasteiger partial charge in [0.1, 0.15) is 10.7 Å². The lowest BCUT2D eigenvalue weighted by atomic mass is 10.1. The van der Waals surface area contributed by atoms with Gasteiger partial charge in [-0.2, -0.15) is 0 Å². The molecule has 0 radical (unpaired) electrons. The van der Waals surface area contributed by atoms with Crippen molar-refractivity contribution in [1.29, 1.82) is 0 Å². The Morgan fingerprint density at radius 2 is 1.67 bits per heavy atom. The summed E-state index contributed by atoms with van der Waals surface area (Å²) in [6.07, 6.45) is 0. The molecule has 0 aliphatic heterocycles. The van der Waals surface area contributed by atoms with E-state index in [1.165, 1.54) is 5.56 Å². The molecule has 0 bridgehead atoms. The van der Waals surface area contributed by atoms with Gasteiger partial charge in [-0.1, -0.05) is 74.0 Å². The van der Waals surface area contributed by atoms with Gasteiger partial charge < -0.3 is 4.90 Å². The number of thiophene rings is 1. The molecule has 2 aromatic heterocycles. The van der Waals surface area contributed by atoms with E-state index in [0.717, 1.165) is 46.3 Å². The Balaban J connectivity index is 1.86. The Hall–Kier alpha value is -2.76. The number of hydrogen-bond donors (Lipinski definition) is 0. The van der Waals surface area contributed by atoms with Gasteiger partial charge >= 0.3 is 0 Å². The quantitative estimate of drug-likeness (QED) is 0.402. The summed E-state index contributed by atoms with van der Waals surface area (Å²) >= 11 is 1.58. The molecule has 2 aromatic carbocycles. The van der Waals surface area contributed by atoms with Gasteiger partial charge in [0.2, 0.25) is 0 Å². The molecule has 0 aliphatic carbocycles. The number of rotatable bonds is 7. The van der Waals surface area contributed by atoms with Crippen molar-refractivity contribution in [1.82, 2.24) is 14.5 Å². The number of likely N-dealkylation sites (N-methyl/N-ethyl adjacent to an activating group) is 1. The molecule has 4 aromatic rings. The zero-order valence-corrected chi connectivity index (χ0v) is 18.6. The number of aryl methyl sites for hydroxylation is 1. The number of benzene rings is 2. The number of hydrogen-bond acceptors (Lipinski definition) is 4. The maximum absolute atomic E-state index is 13.5. The minimum absolute atomic E-state index is 0.0427. The Morgan fingerprint density at radius 3 is 2.33 bits per heavy atom. The van der Waals surface area contributed by atoms with Gasteiger partial charge in [-0.3, -0.25) is 9.36 Å². The zero-order valence-electron chi connectivity index (χ0n) is 17.8. The van der Waals surface area contributed by atoms with Gasteiger partial charge in [0, 0.05) is 23.5 Å². The Labute approximate surface area is 181 Å². The monoisotopic (exact) mass is 417 g/mol. The summed E-state index contributed by atoms with van der Waals surface area (Å²) < 4.78 is 1.85. The van der Waals surface area contributed by atoms with Crippen molar-refractivity contribution < 1.29 is 0 Å². The highest BCUT2D eigenvalue weighted by atomic mass is 32.1. The van der Waals surface area contributed by atoms with Crippen LogP contribution in [0.4, 0.5) is 0 Å². The largest absolute Gasteiger partial charge is 0.302 e. The summed E-state index contributed by atoms with van der Waals surface area (Å²) in [7, 11) is 0. The minimum atomic E-state index is 0.0427. The van der Waals surface area contributed by atoms with Crippen molar-refractivity contribution in [2.24, 2.45) is 0 Å². The summed E-state index contributed by atoms with van der Waals surface area (Å²) in [5.74, 6) is 0.751. The molecule has 154 valence electrons. The van der Waals surface area contributed by atoms with E-state index in [0.29, 0.717) is 11.9 Å². The summed E-state index contributed by atoms with van der Waals surface area (Å²) in [5, 5.41) is 0.703. The van der Waals surface area contributed by atoms with E-state index in [9.17, 15) is 4.79 Å². The topological polar surface area (TPSA) is 38.1 Å². The average Bonchev–Trinajstić information content (AvgIpc) is 3.21. The molecule has 4 rings (SSSR count). The summed E-state index contributed by atoms with van der Waals surface area (Å²) in [5.41, 5.74) is 3.33. The van der Waals surface area contributed by atoms with E-state index >= 15 is 0 Å². The second kappa shape index (κ2) is 8.94. The van der Waals surface area contributed by atoms with Crippen LogP contribution in [0.25, 0.3) is 32.0 Å². The maximum atomic E-state index is 13.5. The number of nitrogens with zero attached hydrogens (tertiary/aromatic N) is 3. The first-order chi connectivity index (χ1) is 14.6. The molecular weight excluding hydrogens is 390 g/mol. The van der Waals surface area contributed by atoms with Crippen molar-refractivity contribution in [3.8, 4) is 21.8 Å². The van der Waals surface area contributed by atoms with Gasteiger partial charge in [-0.05, 0) is 31.6 Å². The van der Waals surface area contributed by atoms with Gasteiger partial charge in [-0.15, -0.1) is 11.3 Å². The average molecular weight is 418 g/mol. The Morgan fingerprint density at radius 1 is 0.967 bits per heavy atom. The molecule has 0 aliphatic rings. The second-order valence-electron chi connectivity index (χ2n) is 7.48. The molecular formula is C25H27N3OS. The Bertz CT molecular complexity index is 1190. The number of aromatic nitrogens is 2. The van der Waals surface area contributed by atoms with Crippen molar-refractivity contribution in [2.75, 3.05) is 19.6 Å². The molecule has 30 heavy (non-hydrogen) atoms. The molecule has 4 nitrogen and oxygen atoms in total. The SMILES string of the molecule is CCN(CC)CCn1c(-c2ccc(C)cc2)nc2sc(-c3ccccc3)cc2c1=O. The fourth-order valence-corrected chi connectivity index (χ4v) is 4.70. The van der Waals surface area contributed by atoms with Crippen molar-refractivity contribution in [2.45, 2.75) is 27.3 Å². The molecule has 0 fully saturated rings. The van der Waals surface area contributed by atoms with Gasteiger partial charge in [0.15, 0.2) is 0 Å². The van der Waals surface area contributed by atoms with Crippen LogP contribution in [0, 0.1) is 6.92 Å². The van der Waals surface area contributed by atoms with Crippen LogP contribution in [0.5, 0.6) is 0 Å². The molecule has 0 spiro atoms. The van der Waals surface area contributed by atoms with Crippen molar-refractivity contribution in [3.63, 3.8) is 0 Å². The van der Waals surface area contributed by atoms with Crippen LogP contribution in [0.2, 0.25) is 0 Å². The van der Waals surface area contributed by atoms with Crippen molar-refractivity contribution >= 4 is 21.6 Å². The summed E-state index contributed by atoms with van der Waals surface area (Å²) in [6.45, 7) is 9.77. The minimum Gasteiger partial charge on any atom is -0.302 e. The van der Waals surface area contributed by atoms with E-state index in [4.69, 9.17) is 4.98 Å². The van der Waals surface area contributed by atoms with Crippen LogP contribution in [-0.4, -0.2) is 34.1 Å². The first kappa shape index (κ1) is 20.5. The molecule has 0 saturated carbocycles. The second-order valence-corrected chi connectivity index (χ2v) is 8.51. The molecule has 0 saturated heterocycles. The first-order valence-electron chi connectivity index (χ1n) is 10.5. The molecule has 0 unspecified atom stereocenters. The summed E-state index contributed by atoms with van der Waals surface area (Å²) in [4.78, 5) is 22.7. The van der Waals surface area contributed by atoms with E-state index in [-0.39, 0.29) is 5.56 Å². The summed E-state index contributed by atoms with van der Waals surface area (Å²) in [6, 6.07) is 20.5. The number of fused-ring (bicyclic) bond motifs is 1.